The number of hydrogen-bond donors (Lipinski definition) is 1. The number of ether oxygens (including phenoxy) is 1. The molecule has 1 aromatic carbocycles. The van der Waals surface area contributed by atoms with Crippen LogP contribution in [-0.2, 0) is 6.54 Å². The first kappa shape index (κ1) is 17.9. The highest BCUT2D eigenvalue weighted by molar-refractivity contribution is 5.31. The van der Waals surface area contributed by atoms with Gasteiger partial charge in [0, 0.05) is 12.6 Å². The summed E-state index contributed by atoms with van der Waals surface area (Å²) >= 11 is 0. The topological polar surface area (TPSA) is 21.3 Å². The maximum Gasteiger partial charge on any atom is 0.190 e. The van der Waals surface area contributed by atoms with Gasteiger partial charge in [0.15, 0.2) is 17.4 Å². The summed E-state index contributed by atoms with van der Waals surface area (Å²) in [4.78, 5) is 0. The van der Waals surface area contributed by atoms with Crippen molar-refractivity contribution in [2.75, 3.05) is 6.61 Å². The maximum absolute atomic E-state index is 13.9. The summed E-state index contributed by atoms with van der Waals surface area (Å²) in [6, 6.07) is 2.95. The van der Waals surface area contributed by atoms with Crippen molar-refractivity contribution in [3.8, 4) is 5.75 Å². The summed E-state index contributed by atoms with van der Waals surface area (Å²) in [7, 11) is 0. The summed E-state index contributed by atoms with van der Waals surface area (Å²) in [5.41, 5.74) is 0.592. The van der Waals surface area contributed by atoms with E-state index >= 15 is 0 Å². The Hall–Kier alpha value is -1.16. The van der Waals surface area contributed by atoms with Gasteiger partial charge in [-0.15, -0.1) is 0 Å². The first-order chi connectivity index (χ1) is 10.0. The van der Waals surface area contributed by atoms with Crippen molar-refractivity contribution in [3.05, 3.63) is 29.3 Å². The van der Waals surface area contributed by atoms with E-state index in [1.54, 1.807) is 0 Å². The molecule has 1 N–H and O–H groups in total. The van der Waals surface area contributed by atoms with E-state index in [2.05, 4.69) is 12.2 Å². The Morgan fingerprint density at radius 3 is 2.24 bits per heavy atom. The molecule has 0 atom stereocenters. The number of benzene rings is 1. The van der Waals surface area contributed by atoms with Crippen molar-refractivity contribution in [2.24, 2.45) is 0 Å². The van der Waals surface area contributed by atoms with E-state index in [0.717, 1.165) is 19.3 Å². The number of rotatable bonds is 10. The lowest BCUT2D eigenvalue weighted by Gasteiger charge is -2.12. The Morgan fingerprint density at radius 1 is 1.05 bits per heavy atom. The molecule has 2 nitrogen and oxygen atoms in total. The molecule has 1 aromatic rings. The van der Waals surface area contributed by atoms with Crippen molar-refractivity contribution in [1.82, 2.24) is 5.32 Å². The molecule has 0 aliphatic carbocycles. The molecule has 4 heteroatoms. The highest BCUT2D eigenvalue weighted by atomic mass is 19.1. The van der Waals surface area contributed by atoms with Gasteiger partial charge in [0.2, 0.25) is 0 Å². The van der Waals surface area contributed by atoms with Crippen LogP contribution in [-0.4, -0.2) is 12.6 Å². The standard InChI is InChI=1S/C17H27F2NO/c1-4-5-6-7-8-9-21-17-15(18)10-14(11-16(17)19)12-20-13(2)3/h10-11,13,20H,4-9,12H2,1-3H3. The maximum atomic E-state index is 13.9. The summed E-state index contributed by atoms with van der Waals surface area (Å²) in [5.74, 6) is -1.49. The first-order valence-corrected chi connectivity index (χ1v) is 7.88. The predicted molar refractivity (Wildman–Crippen MR) is 82.6 cm³/mol. The Bertz CT molecular complexity index is 398. The molecule has 1 rings (SSSR count). The van der Waals surface area contributed by atoms with Crippen LogP contribution in [0.15, 0.2) is 12.1 Å². The molecular formula is C17H27F2NO. The van der Waals surface area contributed by atoms with E-state index in [0.29, 0.717) is 18.7 Å². The van der Waals surface area contributed by atoms with Gasteiger partial charge in [-0.3, -0.25) is 0 Å². The second-order valence-electron chi connectivity index (χ2n) is 5.69. The normalized spacial score (nSPS) is 11.1. The molecule has 120 valence electrons. The molecule has 0 fully saturated rings. The average molecular weight is 299 g/mol. The van der Waals surface area contributed by atoms with Crippen LogP contribution in [0.4, 0.5) is 8.78 Å². The van der Waals surface area contributed by atoms with Crippen molar-refractivity contribution >= 4 is 0 Å². The molecule has 0 spiro atoms. The van der Waals surface area contributed by atoms with Crippen molar-refractivity contribution in [3.63, 3.8) is 0 Å². The monoisotopic (exact) mass is 299 g/mol. The number of hydrogen-bond acceptors (Lipinski definition) is 2. The molecule has 21 heavy (non-hydrogen) atoms. The Balaban J connectivity index is 2.47. The van der Waals surface area contributed by atoms with Crippen molar-refractivity contribution < 1.29 is 13.5 Å². The fourth-order valence-electron chi connectivity index (χ4n) is 2.05. The third-order valence-electron chi connectivity index (χ3n) is 3.27. The molecule has 0 unspecified atom stereocenters. The molecule has 0 aliphatic rings. The van der Waals surface area contributed by atoms with Crippen LogP contribution in [0.25, 0.3) is 0 Å². The van der Waals surface area contributed by atoms with Crippen LogP contribution in [0.1, 0.15) is 58.4 Å². The lowest BCUT2D eigenvalue weighted by Crippen LogP contribution is -2.22. The van der Waals surface area contributed by atoms with E-state index in [1.807, 2.05) is 13.8 Å². The molecule has 0 aliphatic heterocycles. The molecule has 0 aromatic heterocycles. The molecule has 0 amide bonds. The van der Waals surface area contributed by atoms with Gasteiger partial charge in [-0.25, -0.2) is 8.78 Å². The zero-order valence-corrected chi connectivity index (χ0v) is 13.3. The Kier molecular flexibility index (Phi) is 8.28. The van der Waals surface area contributed by atoms with E-state index in [-0.39, 0.29) is 11.8 Å². The van der Waals surface area contributed by atoms with Crippen molar-refractivity contribution in [2.45, 2.75) is 65.5 Å². The predicted octanol–water partition coefficient (Wildman–Crippen LogP) is 4.81. The smallest absolute Gasteiger partial charge is 0.190 e. The van der Waals surface area contributed by atoms with Gasteiger partial charge in [0.05, 0.1) is 6.61 Å². The van der Waals surface area contributed by atoms with E-state index in [1.165, 1.54) is 25.0 Å². The molecule has 0 saturated heterocycles. The van der Waals surface area contributed by atoms with Gasteiger partial charge in [-0.2, -0.15) is 0 Å². The minimum absolute atomic E-state index is 0.251. The van der Waals surface area contributed by atoms with Gasteiger partial charge < -0.3 is 10.1 Å². The fourth-order valence-corrected chi connectivity index (χ4v) is 2.05. The van der Waals surface area contributed by atoms with E-state index in [4.69, 9.17) is 4.74 Å². The number of nitrogens with one attached hydrogen (secondary N) is 1. The first-order valence-electron chi connectivity index (χ1n) is 7.88. The van der Waals surface area contributed by atoms with Crippen LogP contribution in [0.5, 0.6) is 5.75 Å². The van der Waals surface area contributed by atoms with E-state index < -0.39 is 11.6 Å². The third-order valence-corrected chi connectivity index (χ3v) is 3.27. The second kappa shape index (κ2) is 9.72. The van der Waals surface area contributed by atoms with Crippen LogP contribution in [0.2, 0.25) is 0 Å². The van der Waals surface area contributed by atoms with Crippen LogP contribution < -0.4 is 10.1 Å². The zero-order chi connectivity index (χ0) is 15.7. The second-order valence-corrected chi connectivity index (χ2v) is 5.69. The Morgan fingerprint density at radius 2 is 1.67 bits per heavy atom. The minimum Gasteiger partial charge on any atom is -0.488 e. The van der Waals surface area contributed by atoms with Crippen molar-refractivity contribution in [1.29, 1.82) is 0 Å². The molecule has 0 bridgehead atoms. The molecule has 0 heterocycles. The van der Waals surface area contributed by atoms with Crippen LogP contribution in [0.3, 0.4) is 0 Å². The highest BCUT2D eigenvalue weighted by Gasteiger charge is 2.12. The molecular weight excluding hydrogens is 272 g/mol. The zero-order valence-electron chi connectivity index (χ0n) is 13.3. The highest BCUT2D eigenvalue weighted by Crippen LogP contribution is 2.23. The summed E-state index contributed by atoms with van der Waals surface area (Å²) in [6.07, 6.45) is 5.38. The third kappa shape index (κ3) is 6.89. The lowest BCUT2D eigenvalue weighted by atomic mass is 10.1. The van der Waals surface area contributed by atoms with Gasteiger partial charge in [-0.1, -0.05) is 46.5 Å². The van der Waals surface area contributed by atoms with Crippen LogP contribution >= 0.6 is 0 Å². The average Bonchev–Trinajstić information content (AvgIpc) is 2.42. The van der Waals surface area contributed by atoms with Crippen LogP contribution in [0, 0.1) is 11.6 Å². The fraction of sp³-hybridized carbons (Fsp3) is 0.647. The molecule has 0 radical (unpaired) electrons. The summed E-state index contributed by atoms with van der Waals surface area (Å²) < 4.78 is 33.0. The van der Waals surface area contributed by atoms with Gasteiger partial charge in [0.25, 0.3) is 0 Å². The van der Waals surface area contributed by atoms with Gasteiger partial charge >= 0.3 is 0 Å². The summed E-state index contributed by atoms with van der Waals surface area (Å²) in [5, 5.41) is 3.13. The number of halogens is 2. The van der Waals surface area contributed by atoms with Gasteiger partial charge in [0.1, 0.15) is 0 Å². The molecule has 0 saturated carbocycles. The van der Waals surface area contributed by atoms with Gasteiger partial charge in [-0.05, 0) is 24.1 Å². The minimum atomic E-state index is -0.621. The Labute approximate surface area is 126 Å². The summed E-state index contributed by atoms with van der Waals surface area (Å²) in [6.45, 7) is 6.94. The van der Waals surface area contributed by atoms with E-state index in [9.17, 15) is 8.78 Å². The number of unbranched alkanes of at least 4 members (excludes halogenated alkanes) is 4. The quantitative estimate of drug-likeness (QED) is 0.626. The lowest BCUT2D eigenvalue weighted by molar-refractivity contribution is 0.275. The largest absolute Gasteiger partial charge is 0.488 e. The SMILES string of the molecule is CCCCCCCOc1c(F)cc(CNC(C)C)cc1F.